The summed E-state index contributed by atoms with van der Waals surface area (Å²) in [6, 6.07) is 0. The molecular weight excluding hydrogens is 961 g/mol. The van der Waals surface area contributed by atoms with Crippen molar-refractivity contribution in [3.63, 3.8) is 0 Å². The smallest absolute Gasteiger partial charge is 0.306 e. The van der Waals surface area contributed by atoms with Crippen LogP contribution in [-0.2, 0) is 28.6 Å². The molecule has 0 N–H and O–H groups in total. The molecule has 0 aromatic heterocycles. The Bertz CT molecular complexity index is 1350. The fourth-order valence-corrected chi connectivity index (χ4v) is 10.3. The maximum atomic E-state index is 12.9. The van der Waals surface area contributed by atoms with Crippen molar-refractivity contribution in [3.05, 3.63) is 48.6 Å². The molecular formula is C72H132O6. The maximum absolute atomic E-state index is 12.9. The van der Waals surface area contributed by atoms with E-state index in [0.717, 1.165) is 83.5 Å². The molecule has 1 unspecified atom stereocenters. The lowest BCUT2D eigenvalue weighted by molar-refractivity contribution is -0.167. The fraction of sp³-hybridized carbons (Fsp3) is 0.847. The van der Waals surface area contributed by atoms with E-state index < -0.39 is 6.10 Å². The van der Waals surface area contributed by atoms with Crippen LogP contribution in [0.2, 0.25) is 0 Å². The summed E-state index contributed by atoms with van der Waals surface area (Å²) in [7, 11) is 0. The third kappa shape index (κ3) is 64.2. The SMILES string of the molecule is CCCC/C=C\C/C=C\CCCCCCCC(=O)OCC(COC(=O)CCCCCCCCCCCCCCCCCCC/C=C\C/C=C\CCCCCCC)OC(=O)CCCCCCCCCCCCCCCCCCC. The molecule has 6 nitrogen and oxygen atoms in total. The molecule has 0 bridgehead atoms. The predicted molar refractivity (Wildman–Crippen MR) is 339 cm³/mol. The quantitative estimate of drug-likeness (QED) is 0.0261. The minimum Gasteiger partial charge on any atom is -0.462 e. The van der Waals surface area contributed by atoms with Gasteiger partial charge >= 0.3 is 17.9 Å². The van der Waals surface area contributed by atoms with E-state index in [-0.39, 0.29) is 31.1 Å². The number of unbranched alkanes of at least 4 members (excludes halogenated alkanes) is 45. The number of hydrogen-bond acceptors (Lipinski definition) is 6. The normalized spacial score (nSPS) is 12.3. The lowest BCUT2D eigenvalue weighted by atomic mass is 10.0. The highest BCUT2D eigenvalue weighted by molar-refractivity contribution is 5.71. The number of hydrogen-bond donors (Lipinski definition) is 0. The highest BCUT2D eigenvalue weighted by atomic mass is 16.6. The highest BCUT2D eigenvalue weighted by Gasteiger charge is 2.19. The third-order valence-corrected chi connectivity index (χ3v) is 15.6. The fourth-order valence-electron chi connectivity index (χ4n) is 10.3. The van der Waals surface area contributed by atoms with Crippen LogP contribution in [0.15, 0.2) is 48.6 Å². The number of rotatable bonds is 64. The lowest BCUT2D eigenvalue weighted by Crippen LogP contribution is -2.30. The van der Waals surface area contributed by atoms with Gasteiger partial charge in [-0.3, -0.25) is 14.4 Å². The molecule has 6 heteroatoms. The lowest BCUT2D eigenvalue weighted by Gasteiger charge is -2.18. The molecule has 456 valence electrons. The summed E-state index contributed by atoms with van der Waals surface area (Å²) in [5.74, 6) is -0.862. The van der Waals surface area contributed by atoms with Gasteiger partial charge < -0.3 is 14.2 Å². The van der Waals surface area contributed by atoms with Crippen molar-refractivity contribution in [1.29, 1.82) is 0 Å². The van der Waals surface area contributed by atoms with E-state index in [0.29, 0.717) is 19.3 Å². The van der Waals surface area contributed by atoms with Gasteiger partial charge in [0.05, 0.1) is 0 Å². The van der Waals surface area contributed by atoms with Crippen molar-refractivity contribution in [2.45, 2.75) is 380 Å². The number of allylic oxidation sites excluding steroid dienone is 8. The monoisotopic (exact) mass is 1090 g/mol. The van der Waals surface area contributed by atoms with E-state index in [2.05, 4.69) is 69.4 Å². The minimum atomic E-state index is -0.776. The van der Waals surface area contributed by atoms with Crippen LogP contribution in [0.4, 0.5) is 0 Å². The van der Waals surface area contributed by atoms with Crippen LogP contribution in [0.1, 0.15) is 374 Å². The molecule has 0 aliphatic heterocycles. The van der Waals surface area contributed by atoms with Gasteiger partial charge in [-0.25, -0.2) is 0 Å². The first-order chi connectivity index (χ1) is 38.5. The molecule has 0 saturated heterocycles. The first-order valence-corrected chi connectivity index (χ1v) is 34.6. The summed E-state index contributed by atoms with van der Waals surface area (Å²) in [6.45, 7) is 6.64. The van der Waals surface area contributed by atoms with Crippen molar-refractivity contribution >= 4 is 17.9 Å². The Labute approximate surface area is 486 Å². The first kappa shape index (κ1) is 75.4. The first-order valence-electron chi connectivity index (χ1n) is 34.6. The Balaban J connectivity index is 4.20. The van der Waals surface area contributed by atoms with E-state index in [4.69, 9.17) is 14.2 Å². The summed E-state index contributed by atoms with van der Waals surface area (Å²) in [5, 5.41) is 0. The van der Waals surface area contributed by atoms with Gasteiger partial charge in [-0.05, 0) is 77.0 Å². The number of carbonyl (C=O) groups is 3. The summed E-state index contributed by atoms with van der Waals surface area (Å²) < 4.78 is 17.0. The Morgan fingerprint density at radius 3 is 0.744 bits per heavy atom. The molecule has 0 aromatic rings. The zero-order valence-electron chi connectivity index (χ0n) is 52.5. The van der Waals surface area contributed by atoms with Crippen LogP contribution >= 0.6 is 0 Å². The number of esters is 3. The average molecular weight is 1090 g/mol. The summed E-state index contributed by atoms with van der Waals surface area (Å²) in [5.41, 5.74) is 0. The van der Waals surface area contributed by atoms with Gasteiger partial charge in [0.2, 0.25) is 0 Å². The third-order valence-electron chi connectivity index (χ3n) is 15.6. The average Bonchev–Trinajstić information content (AvgIpc) is 3.44. The molecule has 0 radical (unpaired) electrons. The topological polar surface area (TPSA) is 78.9 Å². The second kappa shape index (κ2) is 66.9. The van der Waals surface area contributed by atoms with Crippen LogP contribution in [0.25, 0.3) is 0 Å². The van der Waals surface area contributed by atoms with Gasteiger partial charge in [-0.1, -0.05) is 326 Å². The summed E-state index contributed by atoms with van der Waals surface area (Å²) >= 11 is 0. The van der Waals surface area contributed by atoms with Crippen LogP contribution in [-0.4, -0.2) is 37.2 Å². The number of carbonyl (C=O) groups excluding carboxylic acids is 3. The summed E-state index contributed by atoms with van der Waals surface area (Å²) in [4.78, 5) is 38.4. The molecule has 0 amide bonds. The van der Waals surface area contributed by atoms with E-state index >= 15 is 0 Å². The Kier molecular flexibility index (Phi) is 64.6. The predicted octanol–water partition coefficient (Wildman–Crippen LogP) is 23.7. The van der Waals surface area contributed by atoms with Crippen LogP contribution < -0.4 is 0 Å². The molecule has 0 aliphatic rings. The van der Waals surface area contributed by atoms with Crippen LogP contribution in [0.3, 0.4) is 0 Å². The Morgan fingerprint density at radius 2 is 0.474 bits per heavy atom. The van der Waals surface area contributed by atoms with Crippen molar-refractivity contribution < 1.29 is 28.6 Å². The maximum Gasteiger partial charge on any atom is 0.306 e. The van der Waals surface area contributed by atoms with Crippen molar-refractivity contribution in [1.82, 2.24) is 0 Å². The van der Waals surface area contributed by atoms with Crippen molar-refractivity contribution in [2.75, 3.05) is 13.2 Å². The van der Waals surface area contributed by atoms with Gasteiger partial charge in [0.25, 0.3) is 0 Å². The molecule has 0 fully saturated rings. The minimum absolute atomic E-state index is 0.0726. The van der Waals surface area contributed by atoms with Gasteiger partial charge in [0.1, 0.15) is 13.2 Å². The molecule has 0 rings (SSSR count). The highest BCUT2D eigenvalue weighted by Crippen LogP contribution is 2.18. The second-order valence-electron chi connectivity index (χ2n) is 23.4. The molecule has 0 heterocycles. The molecule has 0 aliphatic carbocycles. The van der Waals surface area contributed by atoms with Crippen molar-refractivity contribution in [3.8, 4) is 0 Å². The van der Waals surface area contributed by atoms with E-state index in [1.54, 1.807) is 0 Å². The number of ether oxygens (including phenoxy) is 3. The van der Waals surface area contributed by atoms with Gasteiger partial charge in [0, 0.05) is 19.3 Å². The molecule has 0 aromatic carbocycles. The van der Waals surface area contributed by atoms with Crippen molar-refractivity contribution in [2.24, 2.45) is 0 Å². The van der Waals surface area contributed by atoms with Crippen LogP contribution in [0.5, 0.6) is 0 Å². The standard InChI is InChI=1S/C72H132O6/c1-4-7-10-13-16-19-22-25-28-30-31-32-33-34-35-36-37-38-39-40-41-43-44-47-50-53-56-59-62-65-71(74)77-68-69(67-76-70(73)64-61-58-55-52-49-46-27-24-21-18-15-12-9-6-3)78-72(75)66-63-60-57-54-51-48-45-42-29-26-23-20-17-14-11-8-5-2/h15,18,22,24-25,27,30-31,69H,4-14,16-17,19-21,23,26,28-29,32-68H2,1-3H3/b18-15-,25-22-,27-24-,31-30-. The summed E-state index contributed by atoms with van der Waals surface area (Å²) in [6.07, 6.45) is 84.2. The molecule has 0 spiro atoms. The van der Waals surface area contributed by atoms with E-state index in [1.165, 1.54) is 250 Å². The largest absolute Gasteiger partial charge is 0.462 e. The molecule has 1 atom stereocenters. The second-order valence-corrected chi connectivity index (χ2v) is 23.4. The Hall–Kier alpha value is -2.63. The zero-order valence-corrected chi connectivity index (χ0v) is 52.5. The van der Waals surface area contributed by atoms with Crippen LogP contribution in [0, 0.1) is 0 Å². The zero-order chi connectivity index (χ0) is 56.4. The molecule has 78 heavy (non-hydrogen) atoms. The van der Waals surface area contributed by atoms with Gasteiger partial charge in [0.15, 0.2) is 6.10 Å². The van der Waals surface area contributed by atoms with E-state index in [1.807, 2.05) is 0 Å². The van der Waals surface area contributed by atoms with Gasteiger partial charge in [-0.15, -0.1) is 0 Å². The van der Waals surface area contributed by atoms with E-state index in [9.17, 15) is 14.4 Å². The van der Waals surface area contributed by atoms with Gasteiger partial charge in [-0.2, -0.15) is 0 Å². The Morgan fingerprint density at radius 1 is 0.256 bits per heavy atom. The molecule has 0 saturated carbocycles.